The van der Waals surface area contributed by atoms with E-state index < -0.39 is 23.5 Å². The molecule has 1 fully saturated rings. The molecule has 0 bridgehead atoms. The SMILES string of the molecule is Cc1ccc(/C(O)=C2\C(=O)C(=O)N(C)C2c2ccccc2F)cc1. The number of aryl methyl sites for hydroxylation is 1. The van der Waals surface area contributed by atoms with Crippen LogP contribution < -0.4 is 0 Å². The fourth-order valence-electron chi connectivity index (χ4n) is 2.88. The van der Waals surface area contributed by atoms with E-state index in [0.717, 1.165) is 10.5 Å². The summed E-state index contributed by atoms with van der Waals surface area (Å²) in [6, 6.07) is 11.9. The number of aliphatic hydroxyl groups excluding tert-OH is 1. The number of likely N-dealkylation sites (N-methyl/N-ethyl adjacent to an activating group) is 1. The molecule has 5 heteroatoms. The number of hydrogen-bond donors (Lipinski definition) is 1. The molecule has 2 aromatic rings. The highest BCUT2D eigenvalue weighted by molar-refractivity contribution is 6.46. The molecular weight excluding hydrogens is 309 g/mol. The van der Waals surface area contributed by atoms with Crippen molar-refractivity contribution in [3.05, 3.63) is 76.6 Å². The number of nitrogens with zero attached hydrogens (tertiary/aromatic N) is 1. The van der Waals surface area contributed by atoms with E-state index in [1.54, 1.807) is 30.3 Å². The molecule has 1 amide bonds. The highest BCUT2D eigenvalue weighted by atomic mass is 19.1. The number of ketones is 1. The molecule has 0 saturated carbocycles. The molecule has 2 aromatic carbocycles. The van der Waals surface area contributed by atoms with Gasteiger partial charge in [-0.15, -0.1) is 0 Å². The van der Waals surface area contributed by atoms with Crippen molar-refractivity contribution in [1.29, 1.82) is 0 Å². The third-order valence-corrected chi connectivity index (χ3v) is 4.20. The lowest BCUT2D eigenvalue weighted by molar-refractivity contribution is -0.139. The first kappa shape index (κ1) is 15.9. The summed E-state index contributed by atoms with van der Waals surface area (Å²) in [5, 5.41) is 10.6. The van der Waals surface area contributed by atoms with Gasteiger partial charge in [0.15, 0.2) is 0 Å². The molecule has 1 N–H and O–H groups in total. The van der Waals surface area contributed by atoms with Crippen molar-refractivity contribution < 1.29 is 19.1 Å². The Morgan fingerprint density at radius 1 is 1.08 bits per heavy atom. The van der Waals surface area contributed by atoms with Gasteiger partial charge in [0.25, 0.3) is 11.7 Å². The number of benzene rings is 2. The molecule has 1 atom stereocenters. The first-order valence-electron chi connectivity index (χ1n) is 7.48. The summed E-state index contributed by atoms with van der Waals surface area (Å²) in [7, 11) is 1.42. The summed E-state index contributed by atoms with van der Waals surface area (Å²) in [4.78, 5) is 25.6. The molecular formula is C19H16FNO3. The Morgan fingerprint density at radius 3 is 2.33 bits per heavy atom. The highest BCUT2D eigenvalue weighted by Crippen LogP contribution is 2.39. The Labute approximate surface area is 138 Å². The minimum atomic E-state index is -0.951. The van der Waals surface area contributed by atoms with Crippen molar-refractivity contribution in [3.63, 3.8) is 0 Å². The summed E-state index contributed by atoms with van der Waals surface area (Å²) in [6.07, 6.45) is 0. The number of rotatable bonds is 2. The summed E-state index contributed by atoms with van der Waals surface area (Å²) in [6.45, 7) is 1.90. The predicted octanol–water partition coefficient (Wildman–Crippen LogP) is 3.19. The average molecular weight is 325 g/mol. The van der Waals surface area contributed by atoms with Crippen LogP contribution in [0.15, 0.2) is 54.1 Å². The normalized spacial score (nSPS) is 19.8. The van der Waals surface area contributed by atoms with Gasteiger partial charge >= 0.3 is 0 Å². The zero-order valence-electron chi connectivity index (χ0n) is 13.3. The minimum absolute atomic E-state index is 0.101. The van der Waals surface area contributed by atoms with E-state index in [4.69, 9.17) is 0 Å². The average Bonchev–Trinajstić information content (AvgIpc) is 2.79. The summed E-state index contributed by atoms with van der Waals surface area (Å²) in [5.74, 6) is -2.42. The largest absolute Gasteiger partial charge is 0.507 e. The van der Waals surface area contributed by atoms with Crippen molar-refractivity contribution in [3.8, 4) is 0 Å². The van der Waals surface area contributed by atoms with Crippen LogP contribution in [0, 0.1) is 12.7 Å². The second-order valence-electron chi connectivity index (χ2n) is 5.80. The smallest absolute Gasteiger partial charge is 0.295 e. The standard InChI is InChI=1S/C19H16FNO3/c1-11-7-9-12(10-8-11)17(22)15-16(21(2)19(24)18(15)23)13-5-3-4-6-14(13)20/h3-10,16,22H,1-2H3/b17-15+. The first-order valence-corrected chi connectivity index (χ1v) is 7.48. The monoisotopic (exact) mass is 325 g/mol. The van der Waals surface area contributed by atoms with Gasteiger partial charge in [-0.05, 0) is 13.0 Å². The van der Waals surface area contributed by atoms with Crippen LogP contribution in [0.3, 0.4) is 0 Å². The fourth-order valence-corrected chi connectivity index (χ4v) is 2.88. The van der Waals surface area contributed by atoms with Crippen LogP contribution in [0.4, 0.5) is 4.39 Å². The van der Waals surface area contributed by atoms with Crippen LogP contribution in [-0.4, -0.2) is 28.7 Å². The number of likely N-dealkylation sites (tertiary alicyclic amines) is 1. The van der Waals surface area contributed by atoms with Crippen LogP contribution in [0.5, 0.6) is 0 Å². The van der Waals surface area contributed by atoms with Gasteiger partial charge in [0.1, 0.15) is 11.6 Å². The number of hydrogen-bond acceptors (Lipinski definition) is 3. The second-order valence-corrected chi connectivity index (χ2v) is 5.80. The van der Waals surface area contributed by atoms with Crippen LogP contribution >= 0.6 is 0 Å². The molecule has 1 aliphatic heterocycles. The maximum absolute atomic E-state index is 14.2. The lowest BCUT2D eigenvalue weighted by Crippen LogP contribution is -2.25. The van der Waals surface area contributed by atoms with Gasteiger partial charge in [-0.2, -0.15) is 0 Å². The lowest BCUT2D eigenvalue weighted by atomic mass is 9.95. The fraction of sp³-hybridized carbons (Fsp3) is 0.158. The molecule has 0 spiro atoms. The van der Waals surface area contributed by atoms with Crippen molar-refractivity contribution in [2.24, 2.45) is 0 Å². The Hall–Kier alpha value is -2.95. The number of Topliss-reactive ketones (excluding diaryl/α,β-unsaturated/α-hetero) is 1. The van der Waals surface area contributed by atoms with Gasteiger partial charge < -0.3 is 10.0 Å². The molecule has 1 unspecified atom stereocenters. The Morgan fingerprint density at radius 2 is 1.71 bits per heavy atom. The molecule has 0 aliphatic carbocycles. The molecule has 1 aliphatic rings. The third kappa shape index (κ3) is 2.48. The van der Waals surface area contributed by atoms with Gasteiger partial charge in [-0.1, -0.05) is 48.0 Å². The van der Waals surface area contributed by atoms with Crippen LogP contribution in [0.25, 0.3) is 5.76 Å². The van der Waals surface area contributed by atoms with Gasteiger partial charge in [0.2, 0.25) is 0 Å². The van der Waals surface area contributed by atoms with E-state index in [2.05, 4.69) is 0 Å². The molecule has 1 heterocycles. The number of carbonyl (C=O) groups is 2. The molecule has 4 nitrogen and oxygen atoms in total. The van der Waals surface area contributed by atoms with Gasteiger partial charge in [0.05, 0.1) is 11.6 Å². The van der Waals surface area contributed by atoms with E-state index in [1.807, 2.05) is 6.92 Å². The number of halogens is 1. The van der Waals surface area contributed by atoms with Crippen molar-refractivity contribution in [2.75, 3.05) is 7.05 Å². The molecule has 0 aromatic heterocycles. The number of aliphatic hydroxyl groups is 1. The van der Waals surface area contributed by atoms with E-state index in [0.29, 0.717) is 5.56 Å². The summed E-state index contributed by atoms with van der Waals surface area (Å²) < 4.78 is 14.2. The van der Waals surface area contributed by atoms with Crippen LogP contribution in [0.2, 0.25) is 0 Å². The maximum atomic E-state index is 14.2. The van der Waals surface area contributed by atoms with E-state index in [1.165, 1.54) is 25.2 Å². The lowest BCUT2D eigenvalue weighted by Gasteiger charge is -2.21. The third-order valence-electron chi connectivity index (χ3n) is 4.20. The maximum Gasteiger partial charge on any atom is 0.295 e. The summed E-state index contributed by atoms with van der Waals surface area (Å²) >= 11 is 0. The Kier molecular flexibility index (Phi) is 3.93. The highest BCUT2D eigenvalue weighted by Gasteiger charge is 2.45. The zero-order valence-corrected chi connectivity index (χ0v) is 13.3. The first-order chi connectivity index (χ1) is 11.4. The van der Waals surface area contributed by atoms with E-state index in [9.17, 15) is 19.1 Å². The van der Waals surface area contributed by atoms with Crippen LogP contribution in [0.1, 0.15) is 22.7 Å². The quantitative estimate of drug-likeness (QED) is 0.524. The molecule has 3 rings (SSSR count). The van der Waals surface area contributed by atoms with Crippen molar-refractivity contribution in [1.82, 2.24) is 4.90 Å². The van der Waals surface area contributed by atoms with Crippen molar-refractivity contribution in [2.45, 2.75) is 13.0 Å². The molecule has 122 valence electrons. The van der Waals surface area contributed by atoms with Gasteiger partial charge in [0, 0.05) is 18.2 Å². The molecule has 1 saturated heterocycles. The Bertz CT molecular complexity index is 855. The topological polar surface area (TPSA) is 57.6 Å². The second kappa shape index (κ2) is 5.92. The van der Waals surface area contributed by atoms with Crippen LogP contribution in [-0.2, 0) is 9.59 Å². The molecule has 24 heavy (non-hydrogen) atoms. The van der Waals surface area contributed by atoms with Crippen molar-refractivity contribution >= 4 is 17.4 Å². The van der Waals surface area contributed by atoms with E-state index >= 15 is 0 Å². The number of amides is 1. The van der Waals surface area contributed by atoms with Gasteiger partial charge in [-0.3, -0.25) is 9.59 Å². The zero-order chi connectivity index (χ0) is 17.4. The summed E-state index contributed by atoms with van der Waals surface area (Å²) in [5.41, 5.74) is 1.48. The number of carbonyl (C=O) groups excluding carboxylic acids is 2. The Balaban J connectivity index is 2.20. The minimum Gasteiger partial charge on any atom is -0.507 e. The predicted molar refractivity (Wildman–Crippen MR) is 87.6 cm³/mol. The van der Waals surface area contributed by atoms with Gasteiger partial charge in [-0.25, -0.2) is 4.39 Å². The van der Waals surface area contributed by atoms with E-state index in [-0.39, 0.29) is 16.9 Å². The molecule has 0 radical (unpaired) electrons.